The van der Waals surface area contributed by atoms with Crippen molar-refractivity contribution in [3.8, 4) is 0 Å². The van der Waals surface area contributed by atoms with Crippen molar-refractivity contribution < 1.29 is 14.4 Å². The first-order valence-electron chi connectivity index (χ1n) is 10.2. The second-order valence-corrected chi connectivity index (χ2v) is 8.72. The molecule has 0 radical (unpaired) electrons. The Morgan fingerprint density at radius 3 is 2.21 bits per heavy atom. The molecular weight excluding hydrogens is 469 g/mol. The van der Waals surface area contributed by atoms with Crippen molar-refractivity contribution in [3.63, 3.8) is 0 Å². The lowest BCUT2D eigenvalue weighted by molar-refractivity contribution is -0.140. The highest BCUT2D eigenvalue weighted by atomic mass is 127. The van der Waals surface area contributed by atoms with Gasteiger partial charge in [-0.25, -0.2) is 0 Å². The number of carbonyl (C=O) groups excluding carboxylic acids is 3. The summed E-state index contributed by atoms with van der Waals surface area (Å²) in [7, 11) is 0. The third-order valence-electron chi connectivity index (χ3n) is 5.63. The molecule has 0 aliphatic carbocycles. The van der Waals surface area contributed by atoms with Crippen LogP contribution in [0.1, 0.15) is 48.9 Å². The lowest BCUT2D eigenvalue weighted by Gasteiger charge is -2.34. The number of hydrogen-bond donors (Lipinski definition) is 1. The molecule has 2 aliphatic rings. The summed E-state index contributed by atoms with van der Waals surface area (Å²) < 4.78 is 0.859. The zero-order valence-corrected chi connectivity index (χ0v) is 18.3. The molecule has 28 heavy (non-hydrogen) atoms. The number of benzene rings is 1. The van der Waals surface area contributed by atoms with Crippen molar-refractivity contribution in [3.05, 3.63) is 33.4 Å². The molecule has 6 nitrogen and oxygen atoms in total. The molecule has 0 atom stereocenters. The maximum Gasteiger partial charge on any atom is 0.252 e. The molecule has 0 unspecified atom stereocenters. The molecule has 0 saturated carbocycles. The van der Waals surface area contributed by atoms with Crippen molar-refractivity contribution in [1.29, 1.82) is 0 Å². The summed E-state index contributed by atoms with van der Waals surface area (Å²) >= 11 is 2.11. The molecule has 0 aromatic heterocycles. The first-order chi connectivity index (χ1) is 13.6. The zero-order chi connectivity index (χ0) is 19.9. The van der Waals surface area contributed by atoms with E-state index >= 15 is 0 Å². The van der Waals surface area contributed by atoms with Gasteiger partial charge in [0.25, 0.3) is 5.91 Å². The number of hydrogen-bond acceptors (Lipinski definition) is 3. The van der Waals surface area contributed by atoms with Crippen LogP contribution in [0, 0.1) is 9.49 Å². The standard InChI is InChI=1S/C21H28IN3O3/c22-18-8-4-3-7-17(18)20(27)23-15-19(26)24-13-9-16(10-14-24)21(28)25-11-5-1-2-6-12-25/h3-4,7-8,16H,1-2,5-6,9-15H2,(H,23,27). The van der Waals surface area contributed by atoms with E-state index in [2.05, 4.69) is 27.9 Å². The molecule has 2 fully saturated rings. The highest BCUT2D eigenvalue weighted by Gasteiger charge is 2.30. The fourth-order valence-electron chi connectivity index (χ4n) is 3.93. The minimum absolute atomic E-state index is 0.00541. The molecule has 1 N–H and O–H groups in total. The number of rotatable bonds is 4. The number of nitrogens with zero attached hydrogens (tertiary/aromatic N) is 2. The van der Waals surface area contributed by atoms with Gasteiger partial charge >= 0.3 is 0 Å². The fourth-order valence-corrected chi connectivity index (χ4v) is 4.57. The summed E-state index contributed by atoms with van der Waals surface area (Å²) in [4.78, 5) is 41.3. The Balaban J connectivity index is 1.44. The zero-order valence-electron chi connectivity index (χ0n) is 16.2. The van der Waals surface area contributed by atoms with Crippen LogP contribution in [0.15, 0.2) is 24.3 Å². The van der Waals surface area contributed by atoms with Crippen LogP contribution in [0.4, 0.5) is 0 Å². The average Bonchev–Trinajstić information content (AvgIpc) is 3.01. The van der Waals surface area contributed by atoms with Gasteiger partial charge in [0.2, 0.25) is 11.8 Å². The summed E-state index contributed by atoms with van der Waals surface area (Å²) in [6, 6.07) is 7.30. The number of nitrogens with one attached hydrogen (secondary N) is 1. The number of halogens is 1. The Bertz CT molecular complexity index is 709. The molecule has 3 amide bonds. The normalized spacial score (nSPS) is 18.5. The van der Waals surface area contributed by atoms with Crippen molar-refractivity contribution in [2.75, 3.05) is 32.7 Å². The Kier molecular flexibility index (Phi) is 7.70. The van der Waals surface area contributed by atoms with Crippen LogP contribution in [-0.4, -0.2) is 60.2 Å². The molecule has 2 saturated heterocycles. The molecule has 152 valence electrons. The highest BCUT2D eigenvalue weighted by Crippen LogP contribution is 2.22. The van der Waals surface area contributed by atoms with E-state index in [4.69, 9.17) is 0 Å². The topological polar surface area (TPSA) is 69.7 Å². The second-order valence-electron chi connectivity index (χ2n) is 7.56. The fraction of sp³-hybridized carbons (Fsp3) is 0.571. The van der Waals surface area contributed by atoms with E-state index in [0.29, 0.717) is 31.5 Å². The third kappa shape index (κ3) is 5.46. The van der Waals surface area contributed by atoms with Crippen molar-refractivity contribution in [1.82, 2.24) is 15.1 Å². The minimum Gasteiger partial charge on any atom is -0.343 e. The smallest absolute Gasteiger partial charge is 0.252 e. The molecule has 0 bridgehead atoms. The maximum absolute atomic E-state index is 12.8. The maximum atomic E-state index is 12.8. The van der Waals surface area contributed by atoms with Crippen LogP contribution in [0.25, 0.3) is 0 Å². The van der Waals surface area contributed by atoms with E-state index in [-0.39, 0.29) is 30.2 Å². The summed E-state index contributed by atoms with van der Waals surface area (Å²) in [5, 5.41) is 2.72. The third-order valence-corrected chi connectivity index (χ3v) is 6.57. The quantitative estimate of drug-likeness (QED) is 0.651. The molecule has 2 aliphatic heterocycles. The van der Waals surface area contributed by atoms with E-state index in [1.54, 1.807) is 11.0 Å². The van der Waals surface area contributed by atoms with Crippen LogP contribution < -0.4 is 5.32 Å². The Morgan fingerprint density at radius 1 is 0.929 bits per heavy atom. The number of amides is 3. The monoisotopic (exact) mass is 497 g/mol. The first-order valence-corrected chi connectivity index (χ1v) is 11.2. The van der Waals surface area contributed by atoms with E-state index in [1.165, 1.54) is 12.8 Å². The largest absolute Gasteiger partial charge is 0.343 e. The first kappa shape index (κ1) is 21.1. The van der Waals surface area contributed by atoms with E-state index in [9.17, 15) is 14.4 Å². The Hall–Kier alpha value is -1.64. The Labute approximate surface area is 180 Å². The van der Waals surface area contributed by atoms with E-state index in [0.717, 1.165) is 29.5 Å². The van der Waals surface area contributed by atoms with Crippen LogP contribution in [0.2, 0.25) is 0 Å². The van der Waals surface area contributed by atoms with Gasteiger partial charge < -0.3 is 15.1 Å². The van der Waals surface area contributed by atoms with Crippen LogP contribution in [-0.2, 0) is 9.59 Å². The SMILES string of the molecule is O=C(NCC(=O)N1CCC(C(=O)N2CCCCCC2)CC1)c1ccccc1I. The number of carbonyl (C=O) groups is 3. The van der Waals surface area contributed by atoms with Gasteiger partial charge in [0.05, 0.1) is 12.1 Å². The number of likely N-dealkylation sites (tertiary alicyclic amines) is 2. The van der Waals surface area contributed by atoms with Gasteiger partial charge in [-0.3, -0.25) is 14.4 Å². The molecular formula is C21H28IN3O3. The van der Waals surface area contributed by atoms with Gasteiger partial charge in [0.1, 0.15) is 0 Å². The predicted octanol–water partition coefficient (Wildman–Crippen LogP) is 2.66. The lowest BCUT2D eigenvalue weighted by Crippen LogP contribution is -2.47. The summed E-state index contributed by atoms with van der Waals surface area (Å²) in [5.41, 5.74) is 0.581. The Morgan fingerprint density at radius 2 is 1.57 bits per heavy atom. The van der Waals surface area contributed by atoms with Gasteiger partial charge in [-0.05, 0) is 60.4 Å². The van der Waals surface area contributed by atoms with Gasteiger partial charge in [0.15, 0.2) is 0 Å². The van der Waals surface area contributed by atoms with Gasteiger partial charge in [0, 0.05) is 35.7 Å². The summed E-state index contributed by atoms with van der Waals surface area (Å²) in [6.45, 7) is 2.92. The average molecular weight is 497 g/mol. The minimum atomic E-state index is -0.232. The van der Waals surface area contributed by atoms with Crippen molar-refractivity contribution in [2.45, 2.75) is 38.5 Å². The van der Waals surface area contributed by atoms with Gasteiger partial charge in [-0.15, -0.1) is 0 Å². The molecule has 3 rings (SSSR count). The number of piperidine rings is 1. The summed E-state index contributed by atoms with van der Waals surface area (Å²) in [5.74, 6) is -0.0202. The second kappa shape index (κ2) is 10.2. The van der Waals surface area contributed by atoms with E-state index in [1.807, 2.05) is 23.1 Å². The van der Waals surface area contributed by atoms with Crippen molar-refractivity contribution in [2.24, 2.45) is 5.92 Å². The van der Waals surface area contributed by atoms with Crippen LogP contribution in [0.5, 0.6) is 0 Å². The van der Waals surface area contributed by atoms with Crippen LogP contribution >= 0.6 is 22.6 Å². The summed E-state index contributed by atoms with van der Waals surface area (Å²) in [6.07, 6.45) is 6.05. The van der Waals surface area contributed by atoms with Gasteiger partial charge in [-0.1, -0.05) is 25.0 Å². The van der Waals surface area contributed by atoms with E-state index < -0.39 is 0 Å². The molecule has 1 aromatic rings. The predicted molar refractivity (Wildman–Crippen MR) is 116 cm³/mol. The molecule has 0 spiro atoms. The van der Waals surface area contributed by atoms with Gasteiger partial charge in [-0.2, -0.15) is 0 Å². The lowest BCUT2D eigenvalue weighted by atomic mass is 9.95. The van der Waals surface area contributed by atoms with Crippen molar-refractivity contribution >= 4 is 40.3 Å². The van der Waals surface area contributed by atoms with Crippen LogP contribution in [0.3, 0.4) is 0 Å². The highest BCUT2D eigenvalue weighted by molar-refractivity contribution is 14.1. The molecule has 7 heteroatoms. The molecule has 1 aromatic carbocycles. The molecule has 2 heterocycles.